The summed E-state index contributed by atoms with van der Waals surface area (Å²) in [6.45, 7) is 3.86. The van der Waals surface area contributed by atoms with Crippen LogP contribution in [-0.2, 0) is 4.79 Å². The number of para-hydroxylation sites is 1. The molecule has 0 spiro atoms. The number of carbonyl (C=O) groups excluding carboxylic acids is 2. The number of amides is 2. The minimum absolute atomic E-state index is 0.0480. The van der Waals surface area contributed by atoms with E-state index in [9.17, 15) is 9.59 Å². The number of hydrogen-bond acceptors (Lipinski definition) is 3. The van der Waals surface area contributed by atoms with E-state index in [2.05, 4.69) is 10.3 Å². The number of nitrogens with zero attached hydrogens (tertiary/aromatic N) is 1. The second-order valence-corrected chi connectivity index (χ2v) is 6.68. The zero-order chi connectivity index (χ0) is 19.4. The third-order valence-corrected chi connectivity index (χ3v) is 4.84. The molecule has 27 heavy (non-hydrogen) atoms. The highest BCUT2D eigenvalue weighted by atomic mass is 16.2. The third kappa shape index (κ3) is 3.97. The number of nitrogens with one attached hydrogen (secondary N) is 1. The molecule has 2 amide bonds. The lowest BCUT2D eigenvalue weighted by Crippen LogP contribution is -2.48. The number of carbonyl (C=O) groups is 2. The second-order valence-electron chi connectivity index (χ2n) is 6.68. The van der Waals surface area contributed by atoms with Crippen LogP contribution in [0.1, 0.15) is 30.6 Å². The van der Waals surface area contributed by atoms with Crippen molar-refractivity contribution in [1.82, 2.24) is 10.3 Å². The normalized spacial score (nSPS) is 13.1. The van der Waals surface area contributed by atoms with Gasteiger partial charge < -0.3 is 11.1 Å². The van der Waals surface area contributed by atoms with Crippen molar-refractivity contribution in [1.29, 1.82) is 0 Å². The first-order chi connectivity index (χ1) is 13.0. The first kappa shape index (κ1) is 18.6. The van der Waals surface area contributed by atoms with Crippen LogP contribution >= 0.6 is 0 Å². The maximum absolute atomic E-state index is 13.0. The molecule has 0 saturated carbocycles. The maximum Gasteiger partial charge on any atom is 0.252 e. The number of benzene rings is 2. The Morgan fingerprint density at radius 2 is 1.74 bits per heavy atom. The SMILES string of the molecule is CCC(C)C(NC(=O)c1cc(-c2ccccc2)nc2ccccc12)C(N)=O. The van der Waals surface area contributed by atoms with Gasteiger partial charge in [0.1, 0.15) is 6.04 Å². The fourth-order valence-corrected chi connectivity index (χ4v) is 3.07. The Hall–Kier alpha value is -3.21. The van der Waals surface area contributed by atoms with Crippen molar-refractivity contribution in [2.45, 2.75) is 26.3 Å². The average molecular weight is 361 g/mol. The van der Waals surface area contributed by atoms with Gasteiger partial charge in [-0.05, 0) is 18.1 Å². The van der Waals surface area contributed by atoms with E-state index in [0.717, 1.165) is 22.9 Å². The Balaban J connectivity index is 2.07. The summed E-state index contributed by atoms with van der Waals surface area (Å²) in [5, 5.41) is 3.55. The molecule has 0 fully saturated rings. The predicted molar refractivity (Wildman–Crippen MR) is 107 cm³/mol. The summed E-state index contributed by atoms with van der Waals surface area (Å²) in [6.07, 6.45) is 0.736. The Morgan fingerprint density at radius 1 is 1.07 bits per heavy atom. The maximum atomic E-state index is 13.0. The molecule has 5 nitrogen and oxygen atoms in total. The third-order valence-electron chi connectivity index (χ3n) is 4.84. The summed E-state index contributed by atoms with van der Waals surface area (Å²) in [4.78, 5) is 29.5. The highest BCUT2D eigenvalue weighted by Crippen LogP contribution is 2.25. The summed E-state index contributed by atoms with van der Waals surface area (Å²) < 4.78 is 0. The van der Waals surface area contributed by atoms with Gasteiger partial charge in [0.25, 0.3) is 5.91 Å². The van der Waals surface area contributed by atoms with Crippen LogP contribution in [0.25, 0.3) is 22.2 Å². The largest absolute Gasteiger partial charge is 0.368 e. The first-order valence-corrected chi connectivity index (χ1v) is 9.06. The van der Waals surface area contributed by atoms with Crippen LogP contribution in [0, 0.1) is 5.92 Å². The minimum Gasteiger partial charge on any atom is -0.368 e. The molecule has 0 aliphatic heterocycles. The molecule has 0 saturated heterocycles. The summed E-state index contributed by atoms with van der Waals surface area (Å²) >= 11 is 0. The number of hydrogen-bond donors (Lipinski definition) is 2. The van der Waals surface area contributed by atoms with Gasteiger partial charge in [0.15, 0.2) is 0 Å². The highest BCUT2D eigenvalue weighted by molar-refractivity contribution is 6.08. The zero-order valence-corrected chi connectivity index (χ0v) is 15.5. The van der Waals surface area contributed by atoms with Crippen LogP contribution in [0.4, 0.5) is 0 Å². The van der Waals surface area contributed by atoms with E-state index in [1.165, 1.54) is 0 Å². The average Bonchev–Trinajstić information content (AvgIpc) is 2.70. The number of fused-ring (bicyclic) bond motifs is 1. The molecular formula is C22H23N3O2. The molecule has 5 heteroatoms. The van der Waals surface area contributed by atoms with Crippen molar-refractivity contribution in [3.05, 3.63) is 66.2 Å². The van der Waals surface area contributed by atoms with Gasteiger partial charge in [0.2, 0.25) is 5.91 Å². The van der Waals surface area contributed by atoms with E-state index in [0.29, 0.717) is 11.3 Å². The van der Waals surface area contributed by atoms with Crippen molar-refractivity contribution < 1.29 is 9.59 Å². The van der Waals surface area contributed by atoms with Crippen LogP contribution < -0.4 is 11.1 Å². The Bertz CT molecular complexity index is 970. The molecule has 138 valence electrons. The van der Waals surface area contributed by atoms with Crippen molar-refractivity contribution in [3.63, 3.8) is 0 Å². The quantitative estimate of drug-likeness (QED) is 0.704. The molecule has 0 bridgehead atoms. The highest BCUT2D eigenvalue weighted by Gasteiger charge is 2.25. The Kier molecular flexibility index (Phi) is 5.50. The van der Waals surface area contributed by atoms with E-state index in [1.807, 2.05) is 68.4 Å². The lowest BCUT2D eigenvalue weighted by atomic mass is 9.97. The fraction of sp³-hybridized carbons (Fsp3) is 0.227. The van der Waals surface area contributed by atoms with Gasteiger partial charge in [-0.2, -0.15) is 0 Å². The van der Waals surface area contributed by atoms with Gasteiger partial charge >= 0.3 is 0 Å². The standard InChI is InChI=1S/C22H23N3O2/c1-3-14(2)20(21(23)26)25-22(27)17-13-19(15-9-5-4-6-10-15)24-18-12-8-7-11-16(17)18/h4-14,20H,3H2,1-2H3,(H2,23,26)(H,25,27). The summed E-state index contributed by atoms with van der Waals surface area (Å²) in [5.41, 5.74) is 8.34. The van der Waals surface area contributed by atoms with E-state index >= 15 is 0 Å². The summed E-state index contributed by atoms with van der Waals surface area (Å²) in [7, 11) is 0. The number of aromatic nitrogens is 1. The van der Waals surface area contributed by atoms with Crippen LogP contribution in [0.5, 0.6) is 0 Å². The molecule has 1 heterocycles. The zero-order valence-electron chi connectivity index (χ0n) is 15.5. The smallest absolute Gasteiger partial charge is 0.252 e. The Morgan fingerprint density at radius 3 is 2.41 bits per heavy atom. The topological polar surface area (TPSA) is 85.1 Å². The molecular weight excluding hydrogens is 338 g/mol. The number of pyridine rings is 1. The summed E-state index contributed by atoms with van der Waals surface area (Å²) in [5.74, 6) is -0.901. The molecule has 3 N–H and O–H groups in total. The van der Waals surface area contributed by atoms with Gasteiger partial charge in [-0.3, -0.25) is 9.59 Å². The lowest BCUT2D eigenvalue weighted by molar-refractivity contribution is -0.120. The van der Waals surface area contributed by atoms with Gasteiger partial charge in [-0.1, -0.05) is 68.8 Å². The van der Waals surface area contributed by atoms with Crippen LogP contribution in [0.2, 0.25) is 0 Å². The number of primary amides is 1. The van der Waals surface area contributed by atoms with Crippen molar-refractivity contribution >= 4 is 22.7 Å². The molecule has 2 aromatic carbocycles. The first-order valence-electron chi connectivity index (χ1n) is 9.06. The van der Waals surface area contributed by atoms with Gasteiger partial charge in [-0.15, -0.1) is 0 Å². The molecule has 0 radical (unpaired) electrons. The van der Waals surface area contributed by atoms with Gasteiger partial charge in [0.05, 0.1) is 16.8 Å². The Labute approximate surface area is 158 Å². The van der Waals surface area contributed by atoms with Gasteiger partial charge in [-0.25, -0.2) is 4.98 Å². The molecule has 0 aliphatic rings. The van der Waals surface area contributed by atoms with Crippen LogP contribution in [0.15, 0.2) is 60.7 Å². The van der Waals surface area contributed by atoms with E-state index in [1.54, 1.807) is 6.07 Å². The fourth-order valence-electron chi connectivity index (χ4n) is 3.07. The molecule has 3 rings (SSSR count). The molecule has 0 aliphatic carbocycles. The van der Waals surface area contributed by atoms with E-state index < -0.39 is 11.9 Å². The minimum atomic E-state index is -0.713. The molecule has 2 atom stereocenters. The lowest BCUT2D eigenvalue weighted by Gasteiger charge is -2.21. The van der Waals surface area contributed by atoms with Crippen molar-refractivity contribution in [2.24, 2.45) is 11.7 Å². The predicted octanol–water partition coefficient (Wildman–Crippen LogP) is 3.53. The van der Waals surface area contributed by atoms with Crippen LogP contribution in [0.3, 0.4) is 0 Å². The monoisotopic (exact) mass is 361 g/mol. The van der Waals surface area contributed by atoms with Crippen LogP contribution in [-0.4, -0.2) is 22.8 Å². The van der Waals surface area contributed by atoms with Crippen molar-refractivity contribution in [3.8, 4) is 11.3 Å². The van der Waals surface area contributed by atoms with Gasteiger partial charge in [0, 0.05) is 10.9 Å². The summed E-state index contributed by atoms with van der Waals surface area (Å²) in [6, 6.07) is 18.2. The van der Waals surface area contributed by atoms with E-state index in [4.69, 9.17) is 5.73 Å². The molecule has 3 aromatic rings. The molecule has 2 unspecified atom stereocenters. The second kappa shape index (κ2) is 7.99. The molecule has 1 aromatic heterocycles. The van der Waals surface area contributed by atoms with Crippen molar-refractivity contribution in [2.75, 3.05) is 0 Å². The number of nitrogens with two attached hydrogens (primary N) is 1. The number of rotatable bonds is 6. The van der Waals surface area contributed by atoms with E-state index in [-0.39, 0.29) is 11.8 Å².